The van der Waals surface area contributed by atoms with Gasteiger partial charge in [0.25, 0.3) is 0 Å². The molecular formula is C16H17N3O2. The van der Waals surface area contributed by atoms with Gasteiger partial charge in [0, 0.05) is 0 Å². The third-order valence-corrected chi connectivity index (χ3v) is 3.17. The van der Waals surface area contributed by atoms with Crippen LogP contribution < -0.4 is 10.6 Å². The Morgan fingerprint density at radius 1 is 1.38 bits per heavy atom. The number of carbonyl (C=O) groups is 1. The summed E-state index contributed by atoms with van der Waals surface area (Å²) in [4.78, 5) is 12.0. The first-order valence-electron chi connectivity index (χ1n) is 6.68. The van der Waals surface area contributed by atoms with Gasteiger partial charge in [-0.2, -0.15) is 5.26 Å². The second-order valence-corrected chi connectivity index (χ2v) is 4.77. The summed E-state index contributed by atoms with van der Waals surface area (Å²) in [6, 6.07) is 10.8. The van der Waals surface area contributed by atoms with Crippen molar-refractivity contribution in [3.8, 4) is 6.07 Å². The average molecular weight is 283 g/mol. The molecule has 0 aliphatic carbocycles. The van der Waals surface area contributed by atoms with Crippen molar-refractivity contribution >= 4 is 11.6 Å². The number of benzene rings is 1. The van der Waals surface area contributed by atoms with Crippen LogP contribution in [0.3, 0.4) is 0 Å². The van der Waals surface area contributed by atoms with E-state index in [0.717, 1.165) is 5.56 Å². The molecule has 0 bridgehead atoms. The molecule has 0 saturated carbocycles. The first kappa shape index (κ1) is 14.7. The summed E-state index contributed by atoms with van der Waals surface area (Å²) in [7, 11) is 0. The maximum Gasteiger partial charge on any atom is 0.242 e. The molecule has 1 unspecified atom stereocenters. The Morgan fingerprint density at radius 3 is 2.86 bits per heavy atom. The van der Waals surface area contributed by atoms with Gasteiger partial charge in [0.15, 0.2) is 0 Å². The molecular weight excluding hydrogens is 266 g/mol. The maximum absolute atomic E-state index is 12.0. The van der Waals surface area contributed by atoms with Gasteiger partial charge in [-0.1, -0.05) is 12.1 Å². The Bertz CT molecular complexity index is 657. The van der Waals surface area contributed by atoms with E-state index < -0.39 is 6.04 Å². The van der Waals surface area contributed by atoms with E-state index in [1.54, 1.807) is 31.4 Å². The molecule has 0 saturated heterocycles. The summed E-state index contributed by atoms with van der Waals surface area (Å²) >= 11 is 0. The van der Waals surface area contributed by atoms with E-state index in [9.17, 15) is 10.1 Å². The number of anilines is 1. The topological polar surface area (TPSA) is 78.1 Å². The van der Waals surface area contributed by atoms with Crippen LogP contribution in [-0.4, -0.2) is 11.9 Å². The summed E-state index contributed by atoms with van der Waals surface area (Å²) in [6.45, 7) is 3.96. The monoisotopic (exact) mass is 283 g/mol. The minimum atomic E-state index is -0.450. The van der Waals surface area contributed by atoms with Crippen molar-refractivity contribution in [3.63, 3.8) is 0 Å². The molecule has 0 aliphatic heterocycles. The summed E-state index contributed by atoms with van der Waals surface area (Å²) in [5.41, 5.74) is 2.10. The smallest absolute Gasteiger partial charge is 0.242 e. The molecule has 21 heavy (non-hydrogen) atoms. The van der Waals surface area contributed by atoms with Crippen LogP contribution in [0.1, 0.15) is 23.8 Å². The van der Waals surface area contributed by atoms with E-state index in [1.165, 1.54) is 0 Å². The van der Waals surface area contributed by atoms with Crippen LogP contribution in [0.5, 0.6) is 0 Å². The molecule has 1 atom stereocenters. The number of furan rings is 1. The van der Waals surface area contributed by atoms with Crippen molar-refractivity contribution in [1.82, 2.24) is 5.32 Å². The number of nitrogens with zero attached hydrogens (tertiary/aromatic N) is 1. The number of nitriles is 1. The van der Waals surface area contributed by atoms with Crippen LogP contribution in [0, 0.1) is 18.3 Å². The summed E-state index contributed by atoms with van der Waals surface area (Å²) < 4.78 is 5.16. The van der Waals surface area contributed by atoms with Gasteiger partial charge in [-0.05, 0) is 37.6 Å². The van der Waals surface area contributed by atoms with Crippen molar-refractivity contribution in [2.24, 2.45) is 0 Å². The van der Waals surface area contributed by atoms with Gasteiger partial charge in [-0.25, -0.2) is 0 Å². The third-order valence-electron chi connectivity index (χ3n) is 3.17. The quantitative estimate of drug-likeness (QED) is 0.884. The van der Waals surface area contributed by atoms with Crippen molar-refractivity contribution in [2.75, 3.05) is 5.32 Å². The molecule has 1 amide bonds. The zero-order chi connectivity index (χ0) is 15.2. The highest BCUT2D eigenvalue weighted by Crippen LogP contribution is 2.19. The molecule has 5 nitrogen and oxygen atoms in total. The number of hydrogen-bond acceptors (Lipinski definition) is 4. The van der Waals surface area contributed by atoms with Gasteiger partial charge in [-0.3, -0.25) is 4.79 Å². The summed E-state index contributed by atoms with van der Waals surface area (Å²) in [5.74, 6) is 0.542. The molecule has 1 aromatic carbocycles. The number of amides is 1. The molecule has 2 rings (SSSR count). The third kappa shape index (κ3) is 3.63. The molecule has 2 N–H and O–H groups in total. The molecule has 5 heteroatoms. The zero-order valence-corrected chi connectivity index (χ0v) is 12.0. The molecule has 0 aliphatic rings. The Labute approximate surface area is 123 Å². The first-order chi connectivity index (χ1) is 10.1. The van der Waals surface area contributed by atoms with E-state index in [2.05, 4.69) is 16.7 Å². The predicted molar refractivity (Wildman–Crippen MR) is 79.5 cm³/mol. The van der Waals surface area contributed by atoms with Crippen LogP contribution in [0.2, 0.25) is 0 Å². The van der Waals surface area contributed by atoms with Crippen molar-refractivity contribution < 1.29 is 9.21 Å². The van der Waals surface area contributed by atoms with Crippen LogP contribution in [0.15, 0.2) is 41.0 Å². The van der Waals surface area contributed by atoms with Crippen LogP contribution in [0.25, 0.3) is 0 Å². The molecule has 2 aromatic rings. The summed E-state index contributed by atoms with van der Waals surface area (Å²) in [6.07, 6.45) is 1.56. The van der Waals surface area contributed by atoms with E-state index in [-0.39, 0.29) is 5.91 Å². The lowest BCUT2D eigenvalue weighted by molar-refractivity contribution is -0.121. The minimum Gasteiger partial charge on any atom is -0.467 e. The fourth-order valence-electron chi connectivity index (χ4n) is 1.98. The summed E-state index contributed by atoms with van der Waals surface area (Å²) in [5, 5.41) is 15.0. The van der Waals surface area contributed by atoms with Gasteiger partial charge >= 0.3 is 0 Å². The highest BCUT2D eigenvalue weighted by atomic mass is 16.3. The lowest BCUT2D eigenvalue weighted by atomic mass is 10.1. The highest BCUT2D eigenvalue weighted by Gasteiger charge is 2.15. The Kier molecular flexibility index (Phi) is 4.62. The Balaban J connectivity index is 1.98. The SMILES string of the molecule is Cc1cccc(NC(C)C(=O)NCc2ccco2)c1C#N. The highest BCUT2D eigenvalue weighted by molar-refractivity contribution is 5.84. The van der Waals surface area contributed by atoms with E-state index in [1.807, 2.05) is 19.1 Å². The van der Waals surface area contributed by atoms with Gasteiger partial charge in [0.2, 0.25) is 5.91 Å². The fraction of sp³-hybridized carbons (Fsp3) is 0.250. The Hall–Kier alpha value is -2.74. The number of carbonyl (C=O) groups excluding carboxylic acids is 1. The number of rotatable bonds is 5. The van der Waals surface area contributed by atoms with Gasteiger partial charge in [0.05, 0.1) is 24.1 Å². The van der Waals surface area contributed by atoms with Crippen molar-refractivity contribution in [2.45, 2.75) is 26.4 Å². The number of hydrogen-bond donors (Lipinski definition) is 2. The van der Waals surface area contributed by atoms with Crippen LogP contribution in [0.4, 0.5) is 5.69 Å². The average Bonchev–Trinajstić information content (AvgIpc) is 2.98. The maximum atomic E-state index is 12.0. The molecule has 0 fully saturated rings. The molecule has 1 aromatic heterocycles. The molecule has 1 heterocycles. The molecule has 0 spiro atoms. The van der Waals surface area contributed by atoms with E-state index in [4.69, 9.17) is 4.42 Å². The second-order valence-electron chi connectivity index (χ2n) is 4.77. The van der Waals surface area contributed by atoms with E-state index >= 15 is 0 Å². The molecule has 0 radical (unpaired) electrons. The van der Waals surface area contributed by atoms with Gasteiger partial charge in [0.1, 0.15) is 17.9 Å². The van der Waals surface area contributed by atoms with Gasteiger partial charge in [-0.15, -0.1) is 0 Å². The fourth-order valence-corrected chi connectivity index (χ4v) is 1.98. The Morgan fingerprint density at radius 2 is 2.19 bits per heavy atom. The lowest BCUT2D eigenvalue weighted by Gasteiger charge is -2.16. The lowest BCUT2D eigenvalue weighted by Crippen LogP contribution is -2.37. The standard InChI is InChI=1S/C16H17N3O2/c1-11-5-3-7-15(14(11)9-17)19-12(2)16(20)18-10-13-6-4-8-21-13/h3-8,12,19H,10H2,1-2H3,(H,18,20). The van der Waals surface area contributed by atoms with Crippen LogP contribution in [-0.2, 0) is 11.3 Å². The number of nitrogens with one attached hydrogen (secondary N) is 2. The van der Waals surface area contributed by atoms with Crippen molar-refractivity contribution in [1.29, 1.82) is 5.26 Å². The zero-order valence-electron chi connectivity index (χ0n) is 12.0. The van der Waals surface area contributed by atoms with Crippen LogP contribution >= 0.6 is 0 Å². The minimum absolute atomic E-state index is 0.156. The normalized spacial score (nSPS) is 11.5. The first-order valence-corrected chi connectivity index (χ1v) is 6.68. The predicted octanol–water partition coefficient (Wildman–Crippen LogP) is 2.58. The van der Waals surface area contributed by atoms with E-state index in [0.29, 0.717) is 23.6 Å². The largest absolute Gasteiger partial charge is 0.467 e. The number of aryl methyl sites for hydroxylation is 1. The molecule has 108 valence electrons. The van der Waals surface area contributed by atoms with Gasteiger partial charge < -0.3 is 15.1 Å². The second kappa shape index (κ2) is 6.62. The van der Waals surface area contributed by atoms with Crippen molar-refractivity contribution in [3.05, 3.63) is 53.5 Å².